The van der Waals surface area contributed by atoms with E-state index in [1.54, 1.807) is 6.07 Å². The van der Waals surface area contributed by atoms with Gasteiger partial charge in [0.1, 0.15) is 11.9 Å². The van der Waals surface area contributed by atoms with Crippen molar-refractivity contribution in [2.24, 2.45) is 5.73 Å². The Labute approximate surface area is 102 Å². The first-order valence-corrected chi connectivity index (χ1v) is 5.14. The molecule has 16 heavy (non-hydrogen) atoms. The van der Waals surface area contributed by atoms with Gasteiger partial charge in [-0.15, -0.1) is 12.4 Å². The maximum absolute atomic E-state index is 13.0. The van der Waals surface area contributed by atoms with E-state index < -0.39 is 5.82 Å². The monoisotopic (exact) mass is 242 g/mol. The van der Waals surface area contributed by atoms with Gasteiger partial charge in [0.2, 0.25) is 0 Å². The van der Waals surface area contributed by atoms with Gasteiger partial charge in [0.05, 0.1) is 5.56 Å². The van der Waals surface area contributed by atoms with Crippen LogP contribution < -0.4 is 5.73 Å². The van der Waals surface area contributed by atoms with Gasteiger partial charge in [0.15, 0.2) is 0 Å². The highest BCUT2D eigenvalue weighted by atomic mass is 35.5. The van der Waals surface area contributed by atoms with E-state index in [0.29, 0.717) is 0 Å². The number of unbranched alkanes of at least 4 members (excludes halogenated alkanes) is 1. The summed E-state index contributed by atoms with van der Waals surface area (Å²) in [6.07, 6.45) is 2.99. The van der Waals surface area contributed by atoms with Crippen LogP contribution in [0.5, 0.6) is 0 Å². The van der Waals surface area contributed by atoms with Gasteiger partial charge in [-0.05, 0) is 24.1 Å². The largest absolute Gasteiger partial charge is 0.324 e. The molecule has 0 spiro atoms. The zero-order valence-corrected chi connectivity index (χ0v) is 10.1. The second-order valence-electron chi connectivity index (χ2n) is 3.60. The fourth-order valence-electron chi connectivity index (χ4n) is 1.45. The smallest absolute Gasteiger partial charge is 0.140 e. The van der Waals surface area contributed by atoms with Crippen molar-refractivity contribution in [1.82, 2.24) is 0 Å². The average molecular weight is 243 g/mol. The highest BCUT2D eigenvalue weighted by Crippen LogP contribution is 2.19. The lowest BCUT2D eigenvalue weighted by Crippen LogP contribution is -2.10. The zero-order chi connectivity index (χ0) is 11.3. The maximum atomic E-state index is 13.0. The lowest BCUT2D eigenvalue weighted by molar-refractivity contribution is 0.595. The van der Waals surface area contributed by atoms with Gasteiger partial charge in [-0.2, -0.15) is 5.26 Å². The molecule has 0 fully saturated rings. The predicted molar refractivity (Wildman–Crippen MR) is 64.8 cm³/mol. The van der Waals surface area contributed by atoms with E-state index in [1.165, 1.54) is 12.1 Å². The third kappa shape index (κ3) is 3.80. The Bertz CT molecular complexity index is 374. The third-order valence-electron chi connectivity index (χ3n) is 2.41. The Morgan fingerprint density at radius 3 is 2.75 bits per heavy atom. The summed E-state index contributed by atoms with van der Waals surface area (Å²) < 4.78 is 13.0. The molecule has 0 aliphatic rings. The molecule has 88 valence electrons. The van der Waals surface area contributed by atoms with E-state index in [1.807, 2.05) is 6.07 Å². The molecular formula is C12H16ClFN2. The van der Waals surface area contributed by atoms with Gasteiger partial charge in [-0.1, -0.05) is 25.8 Å². The molecule has 0 heterocycles. The Kier molecular flexibility index (Phi) is 6.71. The normalized spacial score (nSPS) is 11.4. The lowest BCUT2D eigenvalue weighted by Gasteiger charge is -2.11. The molecule has 1 atom stereocenters. The number of nitrogens with two attached hydrogens (primary N) is 1. The molecule has 0 saturated heterocycles. The summed E-state index contributed by atoms with van der Waals surface area (Å²) in [5.74, 6) is -0.482. The molecule has 0 unspecified atom stereocenters. The molecule has 1 rings (SSSR count). The van der Waals surface area contributed by atoms with E-state index in [2.05, 4.69) is 6.92 Å². The van der Waals surface area contributed by atoms with Crippen molar-refractivity contribution in [2.45, 2.75) is 32.2 Å². The molecule has 0 aliphatic carbocycles. The van der Waals surface area contributed by atoms with Crippen LogP contribution in [0, 0.1) is 17.1 Å². The number of nitrogens with zero attached hydrogens (tertiary/aromatic N) is 1. The number of rotatable bonds is 4. The zero-order valence-electron chi connectivity index (χ0n) is 9.24. The molecule has 0 saturated carbocycles. The lowest BCUT2D eigenvalue weighted by atomic mass is 10.00. The van der Waals surface area contributed by atoms with Crippen LogP contribution in [-0.2, 0) is 0 Å². The maximum Gasteiger partial charge on any atom is 0.140 e. The SMILES string of the molecule is CCCC[C@@H](N)c1ccc(F)c(C#N)c1.Cl. The molecule has 0 aliphatic heterocycles. The van der Waals surface area contributed by atoms with Gasteiger partial charge in [0, 0.05) is 6.04 Å². The Hall–Kier alpha value is -1.11. The summed E-state index contributed by atoms with van der Waals surface area (Å²) in [6.45, 7) is 2.10. The topological polar surface area (TPSA) is 49.8 Å². The number of hydrogen-bond donors (Lipinski definition) is 1. The van der Waals surface area contributed by atoms with Gasteiger partial charge < -0.3 is 5.73 Å². The van der Waals surface area contributed by atoms with Crippen LogP contribution in [0.25, 0.3) is 0 Å². The van der Waals surface area contributed by atoms with Crippen molar-refractivity contribution >= 4 is 12.4 Å². The minimum Gasteiger partial charge on any atom is -0.324 e. The van der Waals surface area contributed by atoms with Crippen molar-refractivity contribution in [3.63, 3.8) is 0 Å². The molecule has 1 aromatic rings. The first kappa shape index (κ1) is 14.9. The van der Waals surface area contributed by atoms with E-state index in [-0.39, 0.29) is 24.0 Å². The van der Waals surface area contributed by atoms with Crippen molar-refractivity contribution in [3.05, 3.63) is 35.1 Å². The van der Waals surface area contributed by atoms with Crippen LogP contribution in [0.2, 0.25) is 0 Å². The second kappa shape index (κ2) is 7.21. The van der Waals surface area contributed by atoms with Crippen molar-refractivity contribution in [3.8, 4) is 6.07 Å². The van der Waals surface area contributed by atoms with E-state index in [4.69, 9.17) is 11.0 Å². The molecule has 2 nitrogen and oxygen atoms in total. The molecule has 0 aromatic heterocycles. The van der Waals surface area contributed by atoms with Crippen LogP contribution in [0.3, 0.4) is 0 Å². The van der Waals surface area contributed by atoms with Crippen LogP contribution in [0.4, 0.5) is 4.39 Å². The minimum absolute atomic E-state index is 0. The predicted octanol–water partition coefficient (Wildman–Crippen LogP) is 3.31. The summed E-state index contributed by atoms with van der Waals surface area (Å²) in [5.41, 5.74) is 6.83. The first-order valence-electron chi connectivity index (χ1n) is 5.14. The summed E-state index contributed by atoms with van der Waals surface area (Å²) >= 11 is 0. The molecule has 1 aromatic carbocycles. The number of hydrogen-bond acceptors (Lipinski definition) is 2. The van der Waals surface area contributed by atoms with Crippen molar-refractivity contribution < 1.29 is 4.39 Å². The van der Waals surface area contributed by atoms with Crippen LogP contribution in [0.1, 0.15) is 43.4 Å². The standard InChI is InChI=1S/C12H15FN2.ClH/c1-2-3-4-12(15)9-5-6-11(13)10(7-9)8-14;/h5-7,12H,2-4,15H2,1H3;1H/t12-;/m1./s1. The molecule has 4 heteroatoms. The third-order valence-corrected chi connectivity index (χ3v) is 2.41. The van der Waals surface area contributed by atoms with Crippen LogP contribution >= 0.6 is 12.4 Å². The second-order valence-corrected chi connectivity index (χ2v) is 3.60. The van der Waals surface area contributed by atoms with Gasteiger partial charge in [-0.25, -0.2) is 4.39 Å². The molecule has 0 bridgehead atoms. The summed E-state index contributed by atoms with van der Waals surface area (Å²) in [4.78, 5) is 0. The molecular weight excluding hydrogens is 227 g/mol. The summed E-state index contributed by atoms with van der Waals surface area (Å²) in [6, 6.07) is 6.21. The quantitative estimate of drug-likeness (QED) is 0.881. The van der Waals surface area contributed by atoms with Crippen LogP contribution in [0.15, 0.2) is 18.2 Å². The highest BCUT2D eigenvalue weighted by molar-refractivity contribution is 5.85. The van der Waals surface area contributed by atoms with E-state index in [9.17, 15) is 4.39 Å². The van der Waals surface area contributed by atoms with Gasteiger partial charge in [-0.3, -0.25) is 0 Å². The molecule has 0 radical (unpaired) electrons. The summed E-state index contributed by atoms with van der Waals surface area (Å²) in [7, 11) is 0. The van der Waals surface area contributed by atoms with Gasteiger partial charge in [0.25, 0.3) is 0 Å². The van der Waals surface area contributed by atoms with Crippen molar-refractivity contribution in [2.75, 3.05) is 0 Å². The fraction of sp³-hybridized carbons (Fsp3) is 0.417. The first-order chi connectivity index (χ1) is 7.19. The fourth-order valence-corrected chi connectivity index (χ4v) is 1.45. The Morgan fingerprint density at radius 1 is 1.50 bits per heavy atom. The van der Waals surface area contributed by atoms with Crippen LogP contribution in [-0.4, -0.2) is 0 Å². The minimum atomic E-state index is -0.482. The highest BCUT2D eigenvalue weighted by Gasteiger charge is 2.08. The van der Waals surface area contributed by atoms with Crippen molar-refractivity contribution in [1.29, 1.82) is 5.26 Å². The van der Waals surface area contributed by atoms with E-state index >= 15 is 0 Å². The van der Waals surface area contributed by atoms with Gasteiger partial charge >= 0.3 is 0 Å². The molecule has 0 amide bonds. The molecule has 2 N–H and O–H groups in total. The average Bonchev–Trinajstić information content (AvgIpc) is 2.26. The van der Waals surface area contributed by atoms with E-state index in [0.717, 1.165) is 24.8 Å². The summed E-state index contributed by atoms with van der Waals surface area (Å²) in [5, 5.41) is 8.67. The Balaban J connectivity index is 0.00000225. The Morgan fingerprint density at radius 2 is 2.19 bits per heavy atom. The number of nitriles is 1. The number of halogens is 2. The number of benzene rings is 1.